The van der Waals surface area contributed by atoms with Crippen LogP contribution in [0.3, 0.4) is 0 Å². The molecule has 0 bridgehead atoms. The summed E-state index contributed by atoms with van der Waals surface area (Å²) >= 11 is 0. The largest absolute Gasteiger partial charge is 0.493 e. The predicted octanol–water partition coefficient (Wildman–Crippen LogP) is 5.45. The molecule has 0 saturated heterocycles. The zero-order valence-corrected chi connectivity index (χ0v) is 16.3. The Morgan fingerprint density at radius 3 is 2.38 bits per heavy atom. The first-order valence-electron chi connectivity index (χ1n) is 9.62. The highest BCUT2D eigenvalue weighted by molar-refractivity contribution is 5.97. The third-order valence-corrected chi connectivity index (χ3v) is 4.46. The van der Waals surface area contributed by atoms with E-state index in [1.54, 1.807) is 0 Å². The maximum atomic E-state index is 12.1. The van der Waals surface area contributed by atoms with Gasteiger partial charge in [0, 0.05) is 17.5 Å². The summed E-state index contributed by atoms with van der Waals surface area (Å²) < 4.78 is 6.07. The van der Waals surface area contributed by atoms with Gasteiger partial charge in [-0.05, 0) is 57.2 Å². The fraction of sp³-hybridized carbons (Fsp3) is 0.435. The summed E-state index contributed by atoms with van der Waals surface area (Å²) in [6, 6.07) is 15.9. The first-order valence-corrected chi connectivity index (χ1v) is 9.62. The topological polar surface area (TPSA) is 29.5 Å². The summed E-state index contributed by atoms with van der Waals surface area (Å²) in [4.78, 5) is 14.3. The Labute approximate surface area is 158 Å². The summed E-state index contributed by atoms with van der Waals surface area (Å²) in [5.41, 5.74) is 2.83. The minimum absolute atomic E-state index is 0.162. The number of carbonyl (C=O) groups excluding carboxylic acids is 1. The van der Waals surface area contributed by atoms with Gasteiger partial charge in [-0.25, -0.2) is 0 Å². The summed E-state index contributed by atoms with van der Waals surface area (Å²) in [5, 5.41) is 0. The van der Waals surface area contributed by atoms with E-state index in [2.05, 4.69) is 31.1 Å². The molecular weight excluding hydrogens is 322 g/mol. The maximum Gasteiger partial charge on any atom is 0.162 e. The van der Waals surface area contributed by atoms with Crippen LogP contribution in [0.5, 0.6) is 5.75 Å². The number of carbonyl (C=O) groups is 1. The van der Waals surface area contributed by atoms with Crippen molar-refractivity contribution in [3.05, 3.63) is 54.1 Å². The summed E-state index contributed by atoms with van der Waals surface area (Å²) in [6.07, 6.45) is 5.21. The highest BCUT2D eigenvalue weighted by Gasteiger charge is 2.11. The second-order valence-electron chi connectivity index (χ2n) is 6.92. The Hall–Kier alpha value is -2.13. The molecule has 0 heterocycles. The Morgan fingerprint density at radius 2 is 1.69 bits per heavy atom. The molecule has 0 aliphatic heterocycles. The van der Waals surface area contributed by atoms with Gasteiger partial charge in [0.25, 0.3) is 0 Å². The Bertz CT molecular complexity index is 680. The third-order valence-electron chi connectivity index (χ3n) is 4.46. The lowest BCUT2D eigenvalue weighted by molar-refractivity contribution is 0.0988. The van der Waals surface area contributed by atoms with Gasteiger partial charge in [0.2, 0.25) is 0 Å². The summed E-state index contributed by atoms with van der Waals surface area (Å²) in [7, 11) is 4.22. The van der Waals surface area contributed by atoms with Gasteiger partial charge >= 0.3 is 0 Å². The van der Waals surface area contributed by atoms with Gasteiger partial charge in [0.1, 0.15) is 5.75 Å². The molecule has 0 aliphatic rings. The highest BCUT2D eigenvalue weighted by Crippen LogP contribution is 2.31. The Balaban J connectivity index is 2.00. The second kappa shape index (κ2) is 10.8. The monoisotopic (exact) mass is 353 g/mol. The van der Waals surface area contributed by atoms with E-state index in [9.17, 15) is 4.79 Å². The number of benzene rings is 2. The number of nitrogens with zero attached hydrogens (tertiary/aromatic N) is 1. The van der Waals surface area contributed by atoms with E-state index in [1.165, 1.54) is 19.3 Å². The van der Waals surface area contributed by atoms with Crippen molar-refractivity contribution in [1.82, 2.24) is 4.90 Å². The van der Waals surface area contributed by atoms with E-state index in [1.807, 2.05) is 43.3 Å². The number of unbranched alkanes of at least 4 members (excludes halogenated alkanes) is 3. The van der Waals surface area contributed by atoms with Gasteiger partial charge in [0.15, 0.2) is 5.78 Å². The fourth-order valence-corrected chi connectivity index (χ4v) is 2.94. The Morgan fingerprint density at radius 1 is 0.962 bits per heavy atom. The number of Topliss-reactive ketones (excluding diaryl/α,β-unsaturated/α-hetero) is 1. The molecule has 0 aliphatic carbocycles. The van der Waals surface area contributed by atoms with Crippen molar-refractivity contribution in [1.29, 1.82) is 0 Å². The Kier molecular flexibility index (Phi) is 8.36. The molecule has 0 aromatic heterocycles. The van der Waals surface area contributed by atoms with Crippen molar-refractivity contribution in [3.63, 3.8) is 0 Å². The molecule has 0 amide bonds. The molecule has 2 aromatic carbocycles. The van der Waals surface area contributed by atoms with Crippen molar-refractivity contribution in [2.45, 2.75) is 39.0 Å². The van der Waals surface area contributed by atoms with Crippen molar-refractivity contribution in [3.8, 4) is 16.9 Å². The zero-order valence-electron chi connectivity index (χ0n) is 16.3. The first-order chi connectivity index (χ1) is 12.6. The zero-order chi connectivity index (χ0) is 18.8. The quantitative estimate of drug-likeness (QED) is 0.397. The van der Waals surface area contributed by atoms with Crippen LogP contribution in [0.15, 0.2) is 48.5 Å². The van der Waals surface area contributed by atoms with Gasteiger partial charge in [-0.15, -0.1) is 0 Å². The molecule has 0 spiro atoms. The van der Waals surface area contributed by atoms with E-state index >= 15 is 0 Å². The van der Waals surface area contributed by atoms with E-state index in [0.29, 0.717) is 13.0 Å². The van der Waals surface area contributed by atoms with Gasteiger partial charge in [-0.2, -0.15) is 0 Å². The van der Waals surface area contributed by atoms with E-state index in [-0.39, 0.29) is 5.78 Å². The van der Waals surface area contributed by atoms with Gasteiger partial charge in [-0.1, -0.05) is 50.1 Å². The number of hydrogen-bond donors (Lipinski definition) is 0. The molecule has 0 saturated carbocycles. The first kappa shape index (κ1) is 20.2. The fourth-order valence-electron chi connectivity index (χ4n) is 2.94. The van der Waals surface area contributed by atoms with Crippen LogP contribution in [0.2, 0.25) is 0 Å². The molecule has 0 N–H and O–H groups in total. The van der Waals surface area contributed by atoms with Crippen molar-refractivity contribution < 1.29 is 9.53 Å². The number of rotatable bonds is 11. The number of hydrogen-bond acceptors (Lipinski definition) is 3. The lowest BCUT2D eigenvalue weighted by Gasteiger charge is -2.13. The van der Waals surface area contributed by atoms with Gasteiger partial charge in [0.05, 0.1) is 6.61 Å². The standard InChI is InChI=1S/C23H31NO2/c1-4-22(25)20-14-15-23(21(18-20)19-12-8-7-9-13-19)26-17-11-6-5-10-16-24(2)3/h7-9,12-15,18H,4-6,10-11,16-17H2,1-3H3. The molecule has 26 heavy (non-hydrogen) atoms. The second-order valence-corrected chi connectivity index (χ2v) is 6.92. The van der Waals surface area contributed by atoms with Crippen LogP contribution in [0, 0.1) is 0 Å². The van der Waals surface area contributed by atoms with Crippen molar-refractivity contribution in [2.24, 2.45) is 0 Å². The van der Waals surface area contributed by atoms with Crippen LogP contribution >= 0.6 is 0 Å². The SMILES string of the molecule is CCC(=O)c1ccc(OCCCCCCN(C)C)c(-c2ccccc2)c1. The molecule has 0 atom stereocenters. The van der Waals surface area contributed by atoms with E-state index in [0.717, 1.165) is 35.4 Å². The maximum absolute atomic E-state index is 12.1. The van der Waals surface area contributed by atoms with E-state index in [4.69, 9.17) is 4.74 Å². The van der Waals surface area contributed by atoms with Crippen LogP contribution in [0.1, 0.15) is 49.4 Å². The average Bonchev–Trinajstić information content (AvgIpc) is 2.67. The lowest BCUT2D eigenvalue weighted by atomic mass is 9.99. The molecule has 0 radical (unpaired) electrons. The van der Waals surface area contributed by atoms with Gasteiger partial charge in [-0.3, -0.25) is 4.79 Å². The number of ether oxygens (including phenoxy) is 1. The lowest BCUT2D eigenvalue weighted by Crippen LogP contribution is -2.12. The molecular formula is C23H31NO2. The molecule has 2 rings (SSSR count). The third kappa shape index (κ3) is 6.30. The highest BCUT2D eigenvalue weighted by atomic mass is 16.5. The normalized spacial score (nSPS) is 10.9. The van der Waals surface area contributed by atoms with E-state index < -0.39 is 0 Å². The predicted molar refractivity (Wildman–Crippen MR) is 109 cm³/mol. The molecule has 3 nitrogen and oxygen atoms in total. The minimum Gasteiger partial charge on any atom is -0.493 e. The van der Waals surface area contributed by atoms with Crippen LogP contribution in [-0.4, -0.2) is 37.9 Å². The van der Waals surface area contributed by atoms with Crippen LogP contribution in [-0.2, 0) is 0 Å². The average molecular weight is 354 g/mol. The van der Waals surface area contributed by atoms with Crippen molar-refractivity contribution in [2.75, 3.05) is 27.2 Å². The van der Waals surface area contributed by atoms with Crippen LogP contribution in [0.25, 0.3) is 11.1 Å². The molecule has 140 valence electrons. The molecule has 3 heteroatoms. The molecule has 0 fully saturated rings. The minimum atomic E-state index is 0.162. The van der Waals surface area contributed by atoms with Crippen molar-refractivity contribution >= 4 is 5.78 Å². The van der Waals surface area contributed by atoms with Gasteiger partial charge < -0.3 is 9.64 Å². The summed E-state index contributed by atoms with van der Waals surface area (Å²) in [5.74, 6) is 1.02. The molecule has 2 aromatic rings. The number of ketones is 1. The smallest absolute Gasteiger partial charge is 0.162 e. The van der Waals surface area contributed by atoms with Crippen LogP contribution < -0.4 is 4.74 Å². The summed E-state index contributed by atoms with van der Waals surface area (Å²) in [6.45, 7) is 3.75. The van der Waals surface area contributed by atoms with Crippen LogP contribution in [0.4, 0.5) is 0 Å². The molecule has 0 unspecified atom stereocenters.